The minimum atomic E-state index is -0.965. The monoisotopic (exact) mass is 309 g/mol. The Bertz CT molecular complexity index is 820. The summed E-state index contributed by atoms with van der Waals surface area (Å²) in [6.07, 6.45) is 3.92. The number of nitrogens with one attached hydrogen (secondary N) is 1. The summed E-state index contributed by atoms with van der Waals surface area (Å²) in [6.45, 7) is 0.353. The fraction of sp³-hybridized carbons (Fsp3) is 0.118. The highest BCUT2D eigenvalue weighted by Gasteiger charge is 2.08. The number of imidazole rings is 1. The van der Waals surface area contributed by atoms with Crippen molar-refractivity contribution in [3.05, 3.63) is 71.7 Å². The average Bonchev–Trinajstić information content (AvgIpc) is 2.95. The summed E-state index contributed by atoms with van der Waals surface area (Å²) < 4.78 is 1.87. The molecule has 0 saturated heterocycles. The Morgan fingerprint density at radius 2 is 1.91 bits per heavy atom. The lowest BCUT2D eigenvalue weighted by Crippen LogP contribution is -2.24. The lowest BCUT2D eigenvalue weighted by atomic mass is 10.1. The van der Waals surface area contributed by atoms with Gasteiger partial charge in [0, 0.05) is 18.9 Å². The number of carbonyl (C=O) groups is 2. The molecule has 116 valence electrons. The number of carboxylic acid groups (broad SMARTS) is 1. The van der Waals surface area contributed by atoms with Crippen LogP contribution in [0.4, 0.5) is 0 Å². The van der Waals surface area contributed by atoms with Crippen molar-refractivity contribution < 1.29 is 14.7 Å². The number of nitrogens with zero attached hydrogens (tertiary/aromatic N) is 2. The molecule has 6 nitrogen and oxygen atoms in total. The molecule has 0 aliphatic heterocycles. The maximum absolute atomic E-state index is 12.0. The zero-order valence-corrected chi connectivity index (χ0v) is 12.3. The summed E-state index contributed by atoms with van der Waals surface area (Å²) in [5.41, 5.74) is 2.58. The maximum atomic E-state index is 12.0. The van der Waals surface area contributed by atoms with Crippen LogP contribution in [0.1, 0.15) is 21.6 Å². The first-order valence-electron chi connectivity index (χ1n) is 7.13. The number of amides is 1. The number of hydrogen-bond donors (Lipinski definition) is 2. The van der Waals surface area contributed by atoms with Gasteiger partial charge in [-0.15, -0.1) is 0 Å². The number of aromatic nitrogens is 2. The molecule has 3 aromatic rings. The smallest absolute Gasteiger partial charge is 0.335 e. The minimum Gasteiger partial charge on any atom is -0.478 e. The van der Waals surface area contributed by atoms with Gasteiger partial charge in [0.1, 0.15) is 5.65 Å². The number of carbonyl (C=O) groups excluding carboxylic acids is 1. The Kier molecular flexibility index (Phi) is 4.05. The third-order valence-electron chi connectivity index (χ3n) is 3.45. The van der Waals surface area contributed by atoms with Crippen molar-refractivity contribution in [2.24, 2.45) is 0 Å². The predicted molar refractivity (Wildman–Crippen MR) is 84.1 cm³/mol. The Balaban J connectivity index is 1.57. The van der Waals surface area contributed by atoms with E-state index in [0.29, 0.717) is 12.2 Å². The molecule has 0 aliphatic rings. The molecule has 0 radical (unpaired) electrons. The Labute approximate surface area is 132 Å². The largest absolute Gasteiger partial charge is 0.478 e. The summed E-state index contributed by atoms with van der Waals surface area (Å²) in [4.78, 5) is 27.1. The Morgan fingerprint density at radius 1 is 1.13 bits per heavy atom. The number of hydrogen-bond acceptors (Lipinski definition) is 3. The van der Waals surface area contributed by atoms with Crippen LogP contribution >= 0.6 is 0 Å². The highest BCUT2D eigenvalue weighted by Crippen LogP contribution is 2.06. The first kappa shape index (κ1) is 14.8. The van der Waals surface area contributed by atoms with Crippen molar-refractivity contribution in [2.75, 3.05) is 0 Å². The first-order chi connectivity index (χ1) is 11.1. The van der Waals surface area contributed by atoms with Gasteiger partial charge in [0.05, 0.1) is 17.7 Å². The van der Waals surface area contributed by atoms with Crippen LogP contribution < -0.4 is 5.32 Å². The summed E-state index contributed by atoms with van der Waals surface area (Å²) in [5, 5.41) is 11.6. The number of fused-ring (bicyclic) bond motifs is 1. The normalized spacial score (nSPS) is 10.6. The van der Waals surface area contributed by atoms with Crippen LogP contribution in [-0.2, 0) is 17.8 Å². The van der Waals surface area contributed by atoms with Crippen LogP contribution in [0.15, 0.2) is 54.9 Å². The Morgan fingerprint density at radius 3 is 2.61 bits per heavy atom. The summed E-state index contributed by atoms with van der Waals surface area (Å²) >= 11 is 0. The zero-order valence-electron chi connectivity index (χ0n) is 12.3. The third-order valence-corrected chi connectivity index (χ3v) is 3.45. The molecular weight excluding hydrogens is 294 g/mol. The molecule has 0 spiro atoms. The number of benzene rings is 1. The lowest BCUT2D eigenvalue weighted by Gasteiger charge is -2.04. The van der Waals surface area contributed by atoms with Crippen LogP contribution in [-0.4, -0.2) is 26.4 Å². The number of pyridine rings is 1. The quantitative estimate of drug-likeness (QED) is 0.754. The van der Waals surface area contributed by atoms with E-state index in [4.69, 9.17) is 5.11 Å². The highest BCUT2D eigenvalue weighted by molar-refractivity contribution is 5.87. The summed E-state index contributed by atoms with van der Waals surface area (Å²) in [7, 11) is 0. The van der Waals surface area contributed by atoms with Crippen LogP contribution in [0.2, 0.25) is 0 Å². The molecule has 1 amide bonds. The van der Waals surface area contributed by atoms with Crippen LogP contribution in [0.5, 0.6) is 0 Å². The van der Waals surface area contributed by atoms with E-state index in [-0.39, 0.29) is 17.9 Å². The van der Waals surface area contributed by atoms with E-state index in [0.717, 1.165) is 11.2 Å². The average molecular weight is 309 g/mol. The minimum absolute atomic E-state index is 0.129. The number of carboxylic acids is 1. The van der Waals surface area contributed by atoms with Crippen LogP contribution in [0.3, 0.4) is 0 Å². The van der Waals surface area contributed by atoms with Crippen molar-refractivity contribution in [1.29, 1.82) is 0 Å². The summed E-state index contributed by atoms with van der Waals surface area (Å²) in [6, 6.07) is 12.1. The topological polar surface area (TPSA) is 83.7 Å². The van der Waals surface area contributed by atoms with Crippen LogP contribution in [0.25, 0.3) is 5.65 Å². The van der Waals surface area contributed by atoms with E-state index in [9.17, 15) is 9.59 Å². The second-order valence-corrected chi connectivity index (χ2v) is 5.15. The molecule has 6 heteroatoms. The van der Waals surface area contributed by atoms with Gasteiger partial charge in [0.2, 0.25) is 5.91 Å². The SMILES string of the molecule is O=C(Cc1cn2ccccc2n1)NCc1ccc(C(=O)O)cc1. The van der Waals surface area contributed by atoms with Gasteiger partial charge in [0.15, 0.2) is 0 Å². The number of rotatable bonds is 5. The van der Waals surface area contributed by atoms with Gasteiger partial charge in [-0.2, -0.15) is 0 Å². The van der Waals surface area contributed by atoms with Gasteiger partial charge in [-0.25, -0.2) is 9.78 Å². The van der Waals surface area contributed by atoms with Gasteiger partial charge < -0.3 is 14.8 Å². The molecule has 0 atom stereocenters. The van der Waals surface area contributed by atoms with Crippen molar-refractivity contribution >= 4 is 17.5 Å². The molecule has 0 bridgehead atoms. The molecule has 0 unspecified atom stereocenters. The molecule has 0 fully saturated rings. The molecule has 23 heavy (non-hydrogen) atoms. The molecule has 0 saturated carbocycles. The van der Waals surface area contributed by atoms with E-state index >= 15 is 0 Å². The molecule has 1 aromatic carbocycles. The third kappa shape index (κ3) is 3.55. The fourth-order valence-electron chi connectivity index (χ4n) is 2.27. The summed E-state index contributed by atoms with van der Waals surface area (Å²) in [5.74, 6) is -1.09. The first-order valence-corrected chi connectivity index (χ1v) is 7.13. The van der Waals surface area contributed by atoms with E-state index in [1.165, 1.54) is 12.1 Å². The van der Waals surface area contributed by atoms with Crippen molar-refractivity contribution in [3.63, 3.8) is 0 Å². The molecular formula is C17H15N3O3. The fourth-order valence-corrected chi connectivity index (χ4v) is 2.27. The highest BCUT2D eigenvalue weighted by atomic mass is 16.4. The van der Waals surface area contributed by atoms with Gasteiger partial charge in [-0.3, -0.25) is 4.79 Å². The van der Waals surface area contributed by atoms with Crippen molar-refractivity contribution in [2.45, 2.75) is 13.0 Å². The van der Waals surface area contributed by atoms with Gasteiger partial charge in [-0.1, -0.05) is 18.2 Å². The molecule has 3 rings (SSSR count). The second kappa shape index (κ2) is 6.31. The van der Waals surface area contributed by atoms with E-state index in [2.05, 4.69) is 10.3 Å². The second-order valence-electron chi connectivity index (χ2n) is 5.15. The zero-order chi connectivity index (χ0) is 16.2. The molecule has 2 heterocycles. The van der Waals surface area contributed by atoms with Gasteiger partial charge in [0.25, 0.3) is 0 Å². The maximum Gasteiger partial charge on any atom is 0.335 e. The molecule has 2 N–H and O–H groups in total. The molecule has 2 aromatic heterocycles. The standard InChI is InChI=1S/C17H15N3O3/c21-16(9-14-11-20-8-2-1-3-15(20)19-14)18-10-12-4-6-13(7-5-12)17(22)23/h1-8,11H,9-10H2,(H,18,21)(H,22,23). The van der Waals surface area contributed by atoms with Gasteiger partial charge >= 0.3 is 5.97 Å². The van der Waals surface area contributed by atoms with E-state index in [1.807, 2.05) is 35.0 Å². The lowest BCUT2D eigenvalue weighted by molar-refractivity contribution is -0.120. The predicted octanol–water partition coefficient (Wildman–Crippen LogP) is 1.89. The van der Waals surface area contributed by atoms with Gasteiger partial charge in [-0.05, 0) is 29.8 Å². The van der Waals surface area contributed by atoms with E-state index < -0.39 is 5.97 Å². The van der Waals surface area contributed by atoms with Crippen molar-refractivity contribution in [1.82, 2.24) is 14.7 Å². The van der Waals surface area contributed by atoms with E-state index in [1.54, 1.807) is 12.1 Å². The Hall–Kier alpha value is -3.15. The number of aromatic carboxylic acids is 1. The van der Waals surface area contributed by atoms with Crippen LogP contribution in [0, 0.1) is 0 Å². The van der Waals surface area contributed by atoms with Crippen molar-refractivity contribution in [3.8, 4) is 0 Å². The molecule has 0 aliphatic carbocycles.